The van der Waals surface area contributed by atoms with Crippen molar-refractivity contribution >= 4 is 7.12 Å². The van der Waals surface area contributed by atoms with Gasteiger partial charge in [0.05, 0.1) is 11.2 Å². The Balaban J connectivity index is 0.00000196. The highest BCUT2D eigenvalue weighted by molar-refractivity contribution is 6.51. The Hall–Kier alpha value is -0.535. The van der Waals surface area contributed by atoms with Crippen LogP contribution in [0.15, 0.2) is 24.2 Å². The Morgan fingerprint density at radius 2 is 1.53 bits per heavy atom. The van der Waals surface area contributed by atoms with E-state index in [4.69, 9.17) is 9.31 Å². The fourth-order valence-electron chi connectivity index (χ4n) is 1.21. The molecule has 86 valence electrons. The number of rotatable bonds is 2. The van der Waals surface area contributed by atoms with Gasteiger partial charge in [-0.2, -0.15) is 0 Å². The fourth-order valence-corrected chi connectivity index (χ4v) is 1.21. The maximum absolute atomic E-state index is 5.76. The Labute approximate surface area is 94.5 Å². The molecule has 2 nitrogen and oxygen atoms in total. The maximum atomic E-state index is 5.76. The lowest BCUT2D eigenvalue weighted by Gasteiger charge is -2.32. The van der Waals surface area contributed by atoms with Crippen LogP contribution in [0, 0.1) is 0 Å². The van der Waals surface area contributed by atoms with Crippen molar-refractivity contribution in [1.82, 2.24) is 0 Å². The molecule has 15 heavy (non-hydrogen) atoms. The van der Waals surface area contributed by atoms with E-state index in [9.17, 15) is 0 Å². The van der Waals surface area contributed by atoms with Crippen molar-refractivity contribution < 1.29 is 9.31 Å². The van der Waals surface area contributed by atoms with Crippen molar-refractivity contribution in [3.05, 3.63) is 24.2 Å². The lowest BCUT2D eigenvalue weighted by atomic mass is 9.89. The Morgan fingerprint density at radius 3 is 1.87 bits per heavy atom. The third kappa shape index (κ3) is 3.21. The Morgan fingerprint density at radius 1 is 1.13 bits per heavy atom. The van der Waals surface area contributed by atoms with Crippen LogP contribution in [0.4, 0.5) is 0 Å². The molecule has 1 heterocycles. The molecule has 1 saturated heterocycles. The SMILES string of the molecule is C.C=C(C)/C=C/B1OC(C)(C)C(C)(C)O1. The van der Waals surface area contributed by atoms with Crippen LogP contribution in [0.25, 0.3) is 0 Å². The van der Waals surface area contributed by atoms with Gasteiger partial charge in [-0.3, -0.25) is 0 Å². The van der Waals surface area contributed by atoms with Gasteiger partial charge in [-0.05, 0) is 34.6 Å². The van der Waals surface area contributed by atoms with Crippen LogP contribution in [0.1, 0.15) is 42.0 Å². The van der Waals surface area contributed by atoms with Gasteiger partial charge >= 0.3 is 7.12 Å². The summed E-state index contributed by atoms with van der Waals surface area (Å²) < 4.78 is 11.5. The molecule has 0 unspecified atom stereocenters. The minimum Gasteiger partial charge on any atom is -0.400 e. The molecule has 0 aromatic carbocycles. The number of hydrogen-bond acceptors (Lipinski definition) is 2. The molecule has 0 radical (unpaired) electrons. The monoisotopic (exact) mass is 210 g/mol. The lowest BCUT2D eigenvalue weighted by Crippen LogP contribution is -2.41. The summed E-state index contributed by atoms with van der Waals surface area (Å²) in [5, 5.41) is 0. The highest BCUT2D eigenvalue weighted by atomic mass is 16.7. The smallest absolute Gasteiger partial charge is 0.400 e. The van der Waals surface area contributed by atoms with Crippen molar-refractivity contribution in [2.45, 2.75) is 53.2 Å². The maximum Gasteiger partial charge on any atom is 0.487 e. The first-order valence-corrected chi connectivity index (χ1v) is 4.94. The second-order valence-electron chi connectivity index (χ2n) is 4.83. The predicted octanol–water partition coefficient (Wildman–Crippen LogP) is 3.39. The molecule has 3 heteroatoms. The highest BCUT2D eigenvalue weighted by Crippen LogP contribution is 2.36. The van der Waals surface area contributed by atoms with Crippen molar-refractivity contribution in [1.29, 1.82) is 0 Å². The molecule has 0 amide bonds. The first-order valence-electron chi connectivity index (χ1n) is 4.94. The van der Waals surface area contributed by atoms with Crippen molar-refractivity contribution in [2.24, 2.45) is 0 Å². The van der Waals surface area contributed by atoms with Crippen molar-refractivity contribution in [2.75, 3.05) is 0 Å². The van der Waals surface area contributed by atoms with Crippen molar-refractivity contribution in [3.63, 3.8) is 0 Å². The largest absolute Gasteiger partial charge is 0.487 e. The zero-order valence-electron chi connectivity index (χ0n) is 9.76. The molecule has 0 atom stereocenters. The molecule has 1 fully saturated rings. The Kier molecular flexibility index (Phi) is 4.38. The van der Waals surface area contributed by atoms with E-state index in [-0.39, 0.29) is 25.7 Å². The zero-order chi connectivity index (χ0) is 11.0. The predicted molar refractivity (Wildman–Crippen MR) is 66.8 cm³/mol. The molecule has 0 saturated carbocycles. The molecule has 0 N–H and O–H groups in total. The molecule has 0 bridgehead atoms. The van der Waals surface area contributed by atoms with Crippen LogP contribution >= 0.6 is 0 Å². The van der Waals surface area contributed by atoms with Gasteiger partial charge in [0, 0.05) is 0 Å². The van der Waals surface area contributed by atoms with Crippen LogP contribution < -0.4 is 0 Å². The van der Waals surface area contributed by atoms with Gasteiger partial charge < -0.3 is 9.31 Å². The lowest BCUT2D eigenvalue weighted by molar-refractivity contribution is 0.00578. The molecule has 0 spiro atoms. The molecule has 0 aliphatic carbocycles. The molecule has 0 aromatic rings. The van der Waals surface area contributed by atoms with E-state index in [2.05, 4.69) is 6.58 Å². The van der Waals surface area contributed by atoms with Crippen LogP contribution in [0.3, 0.4) is 0 Å². The summed E-state index contributed by atoms with van der Waals surface area (Å²) in [6.07, 6.45) is 1.92. The molecule has 0 aromatic heterocycles. The summed E-state index contributed by atoms with van der Waals surface area (Å²) in [6.45, 7) is 13.9. The second-order valence-corrected chi connectivity index (χ2v) is 4.83. The standard InChI is InChI=1S/C11H19BO2.CH4/c1-9(2)7-8-12-13-10(3,4)11(5,6)14-12;/h7-8H,1H2,2-6H3;1H4/b8-7+;. The third-order valence-electron chi connectivity index (χ3n) is 2.81. The van der Waals surface area contributed by atoms with E-state index in [0.29, 0.717) is 0 Å². The molecule has 1 aliphatic heterocycles. The Bertz CT molecular complexity index is 251. The van der Waals surface area contributed by atoms with E-state index in [1.54, 1.807) is 0 Å². The molecule has 1 rings (SSSR count). The van der Waals surface area contributed by atoms with Crippen LogP contribution in [-0.2, 0) is 9.31 Å². The third-order valence-corrected chi connectivity index (χ3v) is 2.81. The van der Waals surface area contributed by atoms with Crippen molar-refractivity contribution in [3.8, 4) is 0 Å². The van der Waals surface area contributed by atoms with Gasteiger partial charge in [-0.25, -0.2) is 0 Å². The van der Waals surface area contributed by atoms with Gasteiger partial charge in [-0.15, -0.1) is 0 Å². The average Bonchev–Trinajstić information content (AvgIpc) is 2.17. The van der Waals surface area contributed by atoms with Gasteiger partial charge in [0.1, 0.15) is 0 Å². The van der Waals surface area contributed by atoms with Gasteiger partial charge in [0.15, 0.2) is 0 Å². The molecular formula is C12H23BO2. The summed E-state index contributed by atoms with van der Waals surface area (Å²) in [5.41, 5.74) is 0.494. The van der Waals surface area contributed by atoms with Gasteiger partial charge in [0.2, 0.25) is 0 Å². The quantitative estimate of drug-likeness (QED) is 0.513. The molecular weight excluding hydrogens is 187 g/mol. The van der Waals surface area contributed by atoms with Gasteiger partial charge in [0.25, 0.3) is 0 Å². The van der Waals surface area contributed by atoms with Crippen LogP contribution in [-0.4, -0.2) is 18.3 Å². The first-order chi connectivity index (χ1) is 6.24. The van der Waals surface area contributed by atoms with Crippen LogP contribution in [0.5, 0.6) is 0 Å². The summed E-state index contributed by atoms with van der Waals surface area (Å²) in [6, 6.07) is 0. The topological polar surface area (TPSA) is 18.5 Å². The number of allylic oxidation sites excluding steroid dienone is 2. The van der Waals surface area contributed by atoms with E-state index in [1.807, 2.05) is 46.7 Å². The minimum atomic E-state index is -0.253. The fraction of sp³-hybridized carbons (Fsp3) is 0.667. The van der Waals surface area contributed by atoms with E-state index in [1.165, 1.54) is 0 Å². The molecule has 1 aliphatic rings. The van der Waals surface area contributed by atoms with E-state index < -0.39 is 0 Å². The summed E-state index contributed by atoms with van der Waals surface area (Å²) in [4.78, 5) is 0. The summed E-state index contributed by atoms with van der Waals surface area (Å²) >= 11 is 0. The minimum absolute atomic E-state index is 0. The number of hydrogen-bond donors (Lipinski definition) is 0. The normalized spacial score (nSPS) is 22.9. The van der Waals surface area contributed by atoms with Crippen LogP contribution in [0.2, 0.25) is 0 Å². The van der Waals surface area contributed by atoms with E-state index >= 15 is 0 Å². The second kappa shape index (κ2) is 4.54. The first kappa shape index (κ1) is 14.5. The highest BCUT2D eigenvalue weighted by Gasteiger charge is 2.49. The summed E-state index contributed by atoms with van der Waals surface area (Å²) in [5.74, 6) is 1.90. The van der Waals surface area contributed by atoms with E-state index in [0.717, 1.165) is 5.57 Å². The van der Waals surface area contributed by atoms with Gasteiger partial charge in [-0.1, -0.05) is 31.6 Å². The zero-order valence-corrected chi connectivity index (χ0v) is 9.76. The summed E-state index contributed by atoms with van der Waals surface area (Å²) in [7, 11) is -0.253. The average molecular weight is 210 g/mol.